The molecule has 2 aliphatic carbocycles. The van der Waals surface area contributed by atoms with Gasteiger partial charge in [0.05, 0.1) is 5.84 Å². The highest BCUT2D eigenvalue weighted by atomic mass is 15.2. The zero-order valence-electron chi connectivity index (χ0n) is 9.76. The zero-order chi connectivity index (χ0) is 10.9. The van der Waals surface area contributed by atoms with E-state index in [-0.39, 0.29) is 0 Å². The molecule has 0 heterocycles. The third kappa shape index (κ3) is 2.94. The summed E-state index contributed by atoms with van der Waals surface area (Å²) in [6.45, 7) is 4.66. The van der Waals surface area contributed by atoms with Crippen LogP contribution in [-0.4, -0.2) is 29.9 Å². The molecule has 0 unspecified atom stereocenters. The van der Waals surface area contributed by atoms with Crippen LogP contribution in [0.25, 0.3) is 0 Å². The molecule has 0 saturated heterocycles. The Kier molecular flexibility index (Phi) is 3.01. The van der Waals surface area contributed by atoms with E-state index in [9.17, 15) is 0 Å². The van der Waals surface area contributed by atoms with Crippen molar-refractivity contribution in [3.8, 4) is 0 Å². The van der Waals surface area contributed by atoms with Gasteiger partial charge in [0.15, 0.2) is 0 Å². The smallest absolute Gasteiger partial charge is 0.0911 e. The summed E-state index contributed by atoms with van der Waals surface area (Å²) in [6, 6.07) is 0.856. The van der Waals surface area contributed by atoms with E-state index in [0.717, 1.165) is 12.5 Å². The van der Waals surface area contributed by atoms with E-state index >= 15 is 0 Å². The third-order valence-corrected chi connectivity index (χ3v) is 3.64. The Morgan fingerprint density at radius 2 is 2.13 bits per heavy atom. The quantitative estimate of drug-likeness (QED) is 0.497. The number of hydrogen-bond donors (Lipinski definition) is 2. The van der Waals surface area contributed by atoms with E-state index in [1.165, 1.54) is 45.2 Å². The van der Waals surface area contributed by atoms with Crippen LogP contribution in [0.15, 0.2) is 0 Å². The average molecular weight is 209 g/mol. The molecule has 0 spiro atoms. The van der Waals surface area contributed by atoms with Crippen molar-refractivity contribution in [2.45, 2.75) is 51.5 Å². The molecule has 3 nitrogen and oxygen atoms in total. The van der Waals surface area contributed by atoms with Crippen LogP contribution in [0, 0.1) is 10.8 Å². The second-order valence-electron chi connectivity index (χ2n) is 5.40. The van der Waals surface area contributed by atoms with E-state index in [4.69, 9.17) is 11.1 Å². The monoisotopic (exact) mass is 209 g/mol. The van der Waals surface area contributed by atoms with Crippen molar-refractivity contribution < 1.29 is 0 Å². The lowest BCUT2D eigenvalue weighted by atomic mass is 10.0. The Balaban J connectivity index is 1.85. The number of hydrogen-bond acceptors (Lipinski definition) is 2. The van der Waals surface area contributed by atoms with Gasteiger partial charge in [-0.2, -0.15) is 0 Å². The molecule has 2 aliphatic rings. The fourth-order valence-corrected chi connectivity index (χ4v) is 2.52. The summed E-state index contributed by atoms with van der Waals surface area (Å²) < 4.78 is 0. The fraction of sp³-hybridized carbons (Fsp3) is 0.917. The molecule has 0 bridgehead atoms. The summed E-state index contributed by atoms with van der Waals surface area (Å²) in [5, 5.41) is 7.42. The molecule has 0 atom stereocenters. The highest BCUT2D eigenvalue weighted by Gasteiger charge is 2.46. The molecule has 2 rings (SSSR count). The average Bonchev–Trinajstić information content (AvgIpc) is 2.95. The standard InChI is InChI=1S/C12H23N3/c1-2-7-15(10-3-4-10)9-12(5-6-12)8-11(13)14/h10H,2-9H2,1H3,(H3,13,14). The van der Waals surface area contributed by atoms with Crippen LogP contribution in [0.1, 0.15) is 45.4 Å². The molecule has 0 radical (unpaired) electrons. The van der Waals surface area contributed by atoms with Gasteiger partial charge in [0, 0.05) is 19.0 Å². The van der Waals surface area contributed by atoms with Gasteiger partial charge >= 0.3 is 0 Å². The van der Waals surface area contributed by atoms with E-state index in [2.05, 4.69) is 11.8 Å². The minimum atomic E-state index is 0.375. The maximum absolute atomic E-state index is 7.42. The van der Waals surface area contributed by atoms with Crippen LogP contribution in [0.4, 0.5) is 0 Å². The number of nitrogens with one attached hydrogen (secondary N) is 1. The van der Waals surface area contributed by atoms with Gasteiger partial charge in [-0.3, -0.25) is 10.3 Å². The van der Waals surface area contributed by atoms with Crippen LogP contribution in [0.5, 0.6) is 0 Å². The third-order valence-electron chi connectivity index (χ3n) is 3.64. The normalized spacial score (nSPS) is 23.1. The van der Waals surface area contributed by atoms with E-state index in [0.29, 0.717) is 11.3 Å². The van der Waals surface area contributed by atoms with E-state index in [1.54, 1.807) is 0 Å². The first-order chi connectivity index (χ1) is 7.15. The van der Waals surface area contributed by atoms with Crippen molar-refractivity contribution in [2.24, 2.45) is 11.1 Å². The molecule has 3 heteroatoms. The van der Waals surface area contributed by atoms with Crippen molar-refractivity contribution >= 4 is 5.84 Å². The Morgan fingerprint density at radius 3 is 2.53 bits per heavy atom. The molecule has 0 aromatic rings. The second-order valence-corrected chi connectivity index (χ2v) is 5.40. The Morgan fingerprint density at radius 1 is 1.47 bits per heavy atom. The van der Waals surface area contributed by atoms with Gasteiger partial charge in [0.25, 0.3) is 0 Å². The molecule has 0 aromatic heterocycles. The first-order valence-electron chi connectivity index (χ1n) is 6.22. The van der Waals surface area contributed by atoms with Crippen LogP contribution in [0.3, 0.4) is 0 Å². The van der Waals surface area contributed by atoms with Crippen molar-refractivity contribution in [3.63, 3.8) is 0 Å². The lowest BCUT2D eigenvalue weighted by molar-refractivity contribution is 0.212. The van der Waals surface area contributed by atoms with Gasteiger partial charge in [-0.05, 0) is 44.1 Å². The lowest BCUT2D eigenvalue weighted by Gasteiger charge is -2.26. The van der Waals surface area contributed by atoms with Crippen LogP contribution >= 0.6 is 0 Å². The maximum Gasteiger partial charge on any atom is 0.0911 e. The number of amidine groups is 1. The minimum absolute atomic E-state index is 0.375. The number of nitrogens with zero attached hydrogens (tertiary/aromatic N) is 1. The SMILES string of the molecule is CCCN(CC1(CC(=N)N)CC1)C1CC1. The Hall–Kier alpha value is -0.570. The van der Waals surface area contributed by atoms with Crippen molar-refractivity contribution in [2.75, 3.05) is 13.1 Å². The Bertz CT molecular complexity index is 241. The summed E-state index contributed by atoms with van der Waals surface area (Å²) in [5.41, 5.74) is 5.92. The summed E-state index contributed by atoms with van der Waals surface area (Å²) in [6.07, 6.45) is 7.39. The van der Waals surface area contributed by atoms with Gasteiger partial charge in [0.2, 0.25) is 0 Å². The molecule has 86 valence electrons. The maximum atomic E-state index is 7.42. The first kappa shape index (κ1) is 10.9. The molecule has 2 saturated carbocycles. The molecular formula is C12H23N3. The highest BCUT2D eigenvalue weighted by molar-refractivity contribution is 5.78. The van der Waals surface area contributed by atoms with E-state index < -0.39 is 0 Å². The summed E-state index contributed by atoms with van der Waals surface area (Å²) in [7, 11) is 0. The van der Waals surface area contributed by atoms with Crippen LogP contribution in [0.2, 0.25) is 0 Å². The molecule has 15 heavy (non-hydrogen) atoms. The van der Waals surface area contributed by atoms with Crippen LogP contribution in [-0.2, 0) is 0 Å². The van der Waals surface area contributed by atoms with Crippen molar-refractivity contribution in [1.82, 2.24) is 4.90 Å². The second kappa shape index (κ2) is 4.12. The molecular weight excluding hydrogens is 186 g/mol. The highest BCUT2D eigenvalue weighted by Crippen LogP contribution is 2.50. The van der Waals surface area contributed by atoms with Crippen molar-refractivity contribution in [3.05, 3.63) is 0 Å². The lowest BCUT2D eigenvalue weighted by Crippen LogP contribution is -2.34. The van der Waals surface area contributed by atoms with Gasteiger partial charge < -0.3 is 5.73 Å². The van der Waals surface area contributed by atoms with Crippen molar-refractivity contribution in [1.29, 1.82) is 5.41 Å². The van der Waals surface area contributed by atoms with Gasteiger partial charge in [-0.25, -0.2) is 0 Å². The van der Waals surface area contributed by atoms with Gasteiger partial charge in [-0.15, -0.1) is 0 Å². The summed E-state index contributed by atoms with van der Waals surface area (Å²) >= 11 is 0. The topological polar surface area (TPSA) is 53.1 Å². The predicted octanol–water partition coefficient (Wildman–Crippen LogP) is 1.97. The van der Waals surface area contributed by atoms with Crippen LogP contribution < -0.4 is 5.73 Å². The molecule has 3 N–H and O–H groups in total. The number of rotatable bonds is 7. The summed E-state index contributed by atoms with van der Waals surface area (Å²) in [5.74, 6) is 0.375. The molecule has 0 aromatic carbocycles. The van der Waals surface area contributed by atoms with Gasteiger partial charge in [0.1, 0.15) is 0 Å². The first-order valence-corrected chi connectivity index (χ1v) is 6.22. The fourth-order valence-electron chi connectivity index (χ4n) is 2.52. The predicted molar refractivity (Wildman–Crippen MR) is 63.1 cm³/mol. The zero-order valence-corrected chi connectivity index (χ0v) is 9.76. The van der Waals surface area contributed by atoms with E-state index in [1.807, 2.05) is 0 Å². The molecule has 0 amide bonds. The molecule has 2 fully saturated rings. The largest absolute Gasteiger partial charge is 0.388 e. The summed E-state index contributed by atoms with van der Waals surface area (Å²) in [4.78, 5) is 2.63. The van der Waals surface area contributed by atoms with Gasteiger partial charge in [-0.1, -0.05) is 6.92 Å². The minimum Gasteiger partial charge on any atom is -0.388 e. The number of nitrogens with two attached hydrogens (primary N) is 1. The molecule has 0 aliphatic heterocycles. The Labute approximate surface area is 92.5 Å².